The van der Waals surface area contributed by atoms with E-state index in [9.17, 15) is 0 Å². The van der Waals surface area contributed by atoms with Gasteiger partial charge in [-0.3, -0.25) is 0 Å². The Morgan fingerprint density at radius 2 is 2.13 bits per heavy atom. The van der Waals surface area contributed by atoms with Crippen LogP contribution in [0.25, 0.3) is 0 Å². The highest BCUT2D eigenvalue weighted by atomic mass is 16.5. The van der Waals surface area contributed by atoms with E-state index in [4.69, 9.17) is 10.00 Å². The van der Waals surface area contributed by atoms with Gasteiger partial charge in [-0.05, 0) is 44.8 Å². The molecule has 0 N–H and O–H groups in total. The molecule has 3 nitrogen and oxygen atoms in total. The zero-order chi connectivity index (χ0) is 11.3. The number of hydrogen-bond donors (Lipinski definition) is 0. The fourth-order valence-corrected chi connectivity index (χ4v) is 1.22. The van der Waals surface area contributed by atoms with Crippen molar-refractivity contribution >= 4 is 0 Å². The van der Waals surface area contributed by atoms with E-state index in [0.717, 1.165) is 17.9 Å². The Kier molecular flexibility index (Phi) is 4.14. The van der Waals surface area contributed by atoms with Gasteiger partial charge in [-0.1, -0.05) is 0 Å². The van der Waals surface area contributed by atoms with Crippen molar-refractivity contribution in [2.24, 2.45) is 0 Å². The maximum Gasteiger partial charge on any atom is 0.122 e. The lowest BCUT2D eigenvalue weighted by Gasteiger charge is -2.12. The minimum absolute atomic E-state index is 0.666. The normalized spacial score (nSPS) is 10.1. The molecule has 1 rings (SSSR count). The highest BCUT2D eigenvalue weighted by Gasteiger charge is 2.00. The van der Waals surface area contributed by atoms with E-state index in [2.05, 4.69) is 11.0 Å². The molecule has 0 aliphatic carbocycles. The van der Waals surface area contributed by atoms with Crippen LogP contribution in [0.1, 0.15) is 11.1 Å². The van der Waals surface area contributed by atoms with Crippen molar-refractivity contribution in [1.82, 2.24) is 4.90 Å². The summed E-state index contributed by atoms with van der Waals surface area (Å²) in [5, 5.41) is 8.70. The first-order chi connectivity index (χ1) is 7.13. The largest absolute Gasteiger partial charge is 0.492 e. The standard InChI is InChI=1S/C12H16N2O/c1-10-8-11(9-13)4-5-12(10)15-7-6-14(2)3/h4-5,8H,6-7H2,1-3H3. The van der Waals surface area contributed by atoms with Gasteiger partial charge in [0, 0.05) is 6.54 Å². The molecule has 0 saturated heterocycles. The van der Waals surface area contributed by atoms with Gasteiger partial charge in [0.15, 0.2) is 0 Å². The molecule has 1 aromatic carbocycles. The SMILES string of the molecule is Cc1cc(C#N)ccc1OCCN(C)C. The second-order valence-electron chi connectivity index (χ2n) is 3.74. The fourth-order valence-electron chi connectivity index (χ4n) is 1.22. The van der Waals surface area contributed by atoms with Gasteiger partial charge in [0.05, 0.1) is 11.6 Å². The van der Waals surface area contributed by atoms with Crippen molar-refractivity contribution < 1.29 is 4.74 Å². The minimum Gasteiger partial charge on any atom is -0.492 e. The summed E-state index contributed by atoms with van der Waals surface area (Å²) in [7, 11) is 4.02. The number of ether oxygens (including phenoxy) is 1. The van der Waals surface area contributed by atoms with Gasteiger partial charge in [-0.2, -0.15) is 5.26 Å². The van der Waals surface area contributed by atoms with Crippen LogP contribution in [-0.2, 0) is 0 Å². The van der Waals surface area contributed by atoms with Gasteiger partial charge >= 0.3 is 0 Å². The Hall–Kier alpha value is -1.53. The Bertz CT molecular complexity index is 366. The third-order valence-corrected chi connectivity index (χ3v) is 2.10. The van der Waals surface area contributed by atoms with Crippen LogP contribution in [0.15, 0.2) is 18.2 Å². The molecule has 0 aromatic heterocycles. The van der Waals surface area contributed by atoms with Crippen LogP contribution >= 0.6 is 0 Å². The van der Waals surface area contributed by atoms with Crippen molar-refractivity contribution in [2.75, 3.05) is 27.2 Å². The van der Waals surface area contributed by atoms with Crippen molar-refractivity contribution in [3.8, 4) is 11.8 Å². The number of aryl methyl sites for hydroxylation is 1. The van der Waals surface area contributed by atoms with Crippen molar-refractivity contribution in [3.05, 3.63) is 29.3 Å². The molecule has 0 fully saturated rings. The molecular formula is C12H16N2O. The van der Waals surface area contributed by atoms with Crippen molar-refractivity contribution in [1.29, 1.82) is 5.26 Å². The molecule has 0 spiro atoms. The van der Waals surface area contributed by atoms with Gasteiger partial charge in [0.2, 0.25) is 0 Å². The number of hydrogen-bond acceptors (Lipinski definition) is 3. The van der Waals surface area contributed by atoms with E-state index in [0.29, 0.717) is 12.2 Å². The summed E-state index contributed by atoms with van der Waals surface area (Å²) >= 11 is 0. The lowest BCUT2D eigenvalue weighted by Crippen LogP contribution is -2.19. The monoisotopic (exact) mass is 204 g/mol. The number of nitriles is 1. The van der Waals surface area contributed by atoms with Crippen LogP contribution in [0.2, 0.25) is 0 Å². The summed E-state index contributed by atoms with van der Waals surface area (Å²) in [5.74, 6) is 0.857. The number of nitrogens with zero attached hydrogens (tertiary/aromatic N) is 2. The first kappa shape index (κ1) is 11.5. The summed E-state index contributed by atoms with van der Waals surface area (Å²) in [6, 6.07) is 7.57. The predicted molar refractivity (Wildman–Crippen MR) is 59.9 cm³/mol. The Labute approximate surface area is 90.9 Å². The Morgan fingerprint density at radius 3 is 2.67 bits per heavy atom. The molecule has 0 heterocycles. The zero-order valence-electron chi connectivity index (χ0n) is 9.45. The van der Waals surface area contributed by atoms with Crippen LogP contribution in [0.4, 0.5) is 0 Å². The molecule has 0 radical (unpaired) electrons. The topological polar surface area (TPSA) is 36.3 Å². The van der Waals surface area contributed by atoms with Crippen LogP contribution in [0.5, 0.6) is 5.75 Å². The zero-order valence-corrected chi connectivity index (χ0v) is 9.45. The van der Waals surface area contributed by atoms with E-state index < -0.39 is 0 Å². The first-order valence-corrected chi connectivity index (χ1v) is 4.92. The third-order valence-electron chi connectivity index (χ3n) is 2.10. The smallest absolute Gasteiger partial charge is 0.122 e. The van der Waals surface area contributed by atoms with Gasteiger partial charge in [0.1, 0.15) is 12.4 Å². The summed E-state index contributed by atoms with van der Waals surface area (Å²) in [4.78, 5) is 2.07. The van der Waals surface area contributed by atoms with E-state index >= 15 is 0 Å². The summed E-state index contributed by atoms with van der Waals surface area (Å²) < 4.78 is 5.60. The van der Waals surface area contributed by atoms with E-state index in [1.165, 1.54) is 0 Å². The number of likely N-dealkylation sites (N-methyl/N-ethyl adjacent to an activating group) is 1. The fraction of sp³-hybridized carbons (Fsp3) is 0.417. The Balaban J connectivity index is 2.59. The molecule has 0 atom stereocenters. The summed E-state index contributed by atoms with van der Waals surface area (Å²) in [5.41, 5.74) is 1.68. The van der Waals surface area contributed by atoms with Gasteiger partial charge in [-0.25, -0.2) is 0 Å². The molecule has 0 amide bonds. The number of benzene rings is 1. The molecule has 0 bridgehead atoms. The highest BCUT2D eigenvalue weighted by molar-refractivity contribution is 5.41. The second kappa shape index (κ2) is 5.38. The summed E-state index contributed by atoms with van der Waals surface area (Å²) in [6.45, 7) is 3.50. The van der Waals surface area contributed by atoms with Crippen molar-refractivity contribution in [3.63, 3.8) is 0 Å². The lowest BCUT2D eigenvalue weighted by atomic mass is 10.1. The van der Waals surface area contributed by atoms with Crippen molar-refractivity contribution in [2.45, 2.75) is 6.92 Å². The maximum absolute atomic E-state index is 8.70. The highest BCUT2D eigenvalue weighted by Crippen LogP contribution is 2.18. The Morgan fingerprint density at radius 1 is 1.40 bits per heavy atom. The number of rotatable bonds is 4. The van der Waals surface area contributed by atoms with E-state index in [1.807, 2.05) is 33.2 Å². The van der Waals surface area contributed by atoms with Crippen LogP contribution in [0.3, 0.4) is 0 Å². The van der Waals surface area contributed by atoms with E-state index in [-0.39, 0.29) is 0 Å². The molecule has 3 heteroatoms. The molecule has 15 heavy (non-hydrogen) atoms. The molecular weight excluding hydrogens is 188 g/mol. The molecule has 0 unspecified atom stereocenters. The quantitative estimate of drug-likeness (QED) is 0.750. The average molecular weight is 204 g/mol. The van der Waals surface area contributed by atoms with Crippen LogP contribution in [0, 0.1) is 18.3 Å². The lowest BCUT2D eigenvalue weighted by molar-refractivity contribution is 0.260. The molecule has 0 aliphatic rings. The van der Waals surface area contributed by atoms with E-state index in [1.54, 1.807) is 6.07 Å². The molecule has 80 valence electrons. The predicted octanol–water partition coefficient (Wildman–Crippen LogP) is 1.81. The van der Waals surface area contributed by atoms with Crippen LogP contribution in [-0.4, -0.2) is 32.1 Å². The second-order valence-corrected chi connectivity index (χ2v) is 3.74. The maximum atomic E-state index is 8.70. The molecule has 0 saturated carbocycles. The molecule has 1 aromatic rings. The summed E-state index contributed by atoms with van der Waals surface area (Å²) in [6.07, 6.45) is 0. The third kappa shape index (κ3) is 3.61. The average Bonchev–Trinajstić information content (AvgIpc) is 2.20. The van der Waals surface area contributed by atoms with Crippen LogP contribution < -0.4 is 4.74 Å². The molecule has 0 aliphatic heterocycles. The van der Waals surface area contributed by atoms with Gasteiger partial charge in [0.25, 0.3) is 0 Å². The van der Waals surface area contributed by atoms with Gasteiger partial charge in [-0.15, -0.1) is 0 Å². The minimum atomic E-state index is 0.666. The first-order valence-electron chi connectivity index (χ1n) is 4.92. The van der Waals surface area contributed by atoms with Gasteiger partial charge < -0.3 is 9.64 Å².